The van der Waals surface area contributed by atoms with Gasteiger partial charge in [0, 0.05) is 4.88 Å². The van der Waals surface area contributed by atoms with E-state index in [0.29, 0.717) is 28.1 Å². The van der Waals surface area contributed by atoms with Crippen LogP contribution in [0.1, 0.15) is 50.6 Å². The summed E-state index contributed by atoms with van der Waals surface area (Å²) in [6.45, 7) is 4.38. The van der Waals surface area contributed by atoms with Crippen molar-refractivity contribution in [2.75, 3.05) is 5.32 Å². The summed E-state index contributed by atoms with van der Waals surface area (Å²) in [6.07, 6.45) is 4.41. The van der Waals surface area contributed by atoms with Crippen molar-refractivity contribution in [2.24, 2.45) is 0 Å². The Kier molecular flexibility index (Phi) is 5.02. The lowest BCUT2D eigenvalue weighted by Crippen LogP contribution is -2.13. The van der Waals surface area contributed by atoms with Gasteiger partial charge in [-0.25, -0.2) is 9.67 Å². The summed E-state index contributed by atoms with van der Waals surface area (Å²) in [5, 5.41) is 8.38. The highest BCUT2D eigenvalue weighted by molar-refractivity contribution is 7.15. The second-order valence-corrected chi connectivity index (χ2v) is 8.39. The zero-order chi connectivity index (χ0) is 19.0. The molecule has 27 heavy (non-hydrogen) atoms. The van der Waals surface area contributed by atoms with Crippen LogP contribution in [0.3, 0.4) is 0 Å². The van der Waals surface area contributed by atoms with E-state index in [1.807, 2.05) is 19.1 Å². The normalized spacial score (nSPS) is 13.4. The summed E-state index contributed by atoms with van der Waals surface area (Å²) in [5.41, 5.74) is 4.44. The van der Waals surface area contributed by atoms with Gasteiger partial charge in [0.15, 0.2) is 5.13 Å². The van der Waals surface area contributed by atoms with E-state index in [-0.39, 0.29) is 5.91 Å². The number of benzene rings is 1. The first kappa shape index (κ1) is 18.2. The average molecular weight is 401 g/mol. The van der Waals surface area contributed by atoms with Crippen molar-refractivity contribution in [3.63, 3.8) is 0 Å². The maximum atomic E-state index is 12.8. The molecule has 5 nitrogen and oxygen atoms in total. The standard InChI is InChI=1S/C20H21ClN4OS/c1-12-7-9-14(10-8-12)11-25-18(21)17(13(2)24-25)19(26)23-20-22-15-5-3-4-6-16(15)27-20/h7-10H,3-6,11H2,1-2H3,(H,22,23,26). The van der Waals surface area contributed by atoms with Crippen LogP contribution in [0.15, 0.2) is 24.3 Å². The molecule has 0 saturated carbocycles. The molecule has 0 spiro atoms. The minimum absolute atomic E-state index is 0.251. The molecule has 1 aromatic carbocycles. The van der Waals surface area contributed by atoms with Gasteiger partial charge in [-0.1, -0.05) is 41.4 Å². The number of nitrogens with one attached hydrogen (secondary N) is 1. The molecule has 0 aliphatic heterocycles. The zero-order valence-electron chi connectivity index (χ0n) is 15.4. The molecule has 140 valence electrons. The topological polar surface area (TPSA) is 59.8 Å². The number of nitrogens with zero attached hydrogens (tertiary/aromatic N) is 3. The predicted molar refractivity (Wildman–Crippen MR) is 109 cm³/mol. The SMILES string of the molecule is Cc1ccc(Cn2nc(C)c(C(=O)Nc3nc4c(s3)CCCC4)c2Cl)cc1. The second kappa shape index (κ2) is 7.44. The number of aryl methyl sites for hydroxylation is 4. The van der Waals surface area contributed by atoms with Crippen molar-refractivity contribution in [3.05, 3.63) is 62.4 Å². The van der Waals surface area contributed by atoms with Gasteiger partial charge in [0.2, 0.25) is 0 Å². The molecule has 2 heterocycles. The Hall–Kier alpha value is -2.18. The van der Waals surface area contributed by atoms with Crippen LogP contribution in [-0.4, -0.2) is 20.7 Å². The van der Waals surface area contributed by atoms with Gasteiger partial charge < -0.3 is 0 Å². The van der Waals surface area contributed by atoms with E-state index < -0.39 is 0 Å². The maximum absolute atomic E-state index is 12.8. The third kappa shape index (κ3) is 3.77. The van der Waals surface area contributed by atoms with E-state index in [2.05, 4.69) is 27.5 Å². The summed E-state index contributed by atoms with van der Waals surface area (Å²) in [7, 11) is 0. The minimum atomic E-state index is -0.251. The van der Waals surface area contributed by atoms with Gasteiger partial charge >= 0.3 is 0 Å². The van der Waals surface area contributed by atoms with Gasteiger partial charge in [-0.15, -0.1) is 11.3 Å². The number of amides is 1. The van der Waals surface area contributed by atoms with Crippen LogP contribution in [0.25, 0.3) is 0 Å². The van der Waals surface area contributed by atoms with Crippen molar-refractivity contribution in [1.82, 2.24) is 14.8 Å². The van der Waals surface area contributed by atoms with Crippen LogP contribution in [-0.2, 0) is 19.4 Å². The minimum Gasteiger partial charge on any atom is -0.298 e. The fourth-order valence-corrected chi connectivity index (χ4v) is 4.71. The lowest BCUT2D eigenvalue weighted by atomic mass is 10.0. The quantitative estimate of drug-likeness (QED) is 0.684. The molecule has 1 N–H and O–H groups in total. The van der Waals surface area contributed by atoms with Crippen LogP contribution in [0.2, 0.25) is 5.15 Å². The number of halogens is 1. The van der Waals surface area contributed by atoms with Gasteiger partial charge in [-0.2, -0.15) is 5.10 Å². The van der Waals surface area contributed by atoms with E-state index in [4.69, 9.17) is 11.6 Å². The number of anilines is 1. The van der Waals surface area contributed by atoms with Gasteiger partial charge in [0.25, 0.3) is 5.91 Å². The molecule has 1 amide bonds. The second-order valence-electron chi connectivity index (χ2n) is 6.94. The summed E-state index contributed by atoms with van der Waals surface area (Å²) in [6, 6.07) is 8.19. The molecule has 7 heteroatoms. The summed E-state index contributed by atoms with van der Waals surface area (Å²) < 4.78 is 1.67. The third-order valence-electron chi connectivity index (χ3n) is 4.81. The number of hydrogen-bond donors (Lipinski definition) is 1. The Morgan fingerprint density at radius 1 is 1.22 bits per heavy atom. The Balaban J connectivity index is 1.54. The largest absolute Gasteiger partial charge is 0.298 e. The van der Waals surface area contributed by atoms with Crippen molar-refractivity contribution >= 4 is 34.0 Å². The van der Waals surface area contributed by atoms with Crippen LogP contribution in [0.5, 0.6) is 0 Å². The molecule has 1 aliphatic carbocycles. The highest BCUT2D eigenvalue weighted by atomic mass is 35.5. The smallest absolute Gasteiger partial charge is 0.262 e. The van der Waals surface area contributed by atoms with Crippen molar-refractivity contribution in [2.45, 2.75) is 46.1 Å². The maximum Gasteiger partial charge on any atom is 0.262 e. The number of thiazole rings is 1. The highest BCUT2D eigenvalue weighted by Crippen LogP contribution is 2.30. The number of fused-ring (bicyclic) bond motifs is 1. The Morgan fingerprint density at radius 2 is 1.96 bits per heavy atom. The molecule has 0 unspecified atom stereocenters. The van der Waals surface area contributed by atoms with E-state index in [1.54, 1.807) is 22.9 Å². The van der Waals surface area contributed by atoms with Gasteiger partial charge in [0.1, 0.15) is 5.15 Å². The molecule has 3 aromatic rings. The van der Waals surface area contributed by atoms with E-state index in [1.165, 1.54) is 23.3 Å². The van der Waals surface area contributed by atoms with Crippen molar-refractivity contribution in [3.8, 4) is 0 Å². The molecule has 4 rings (SSSR count). The molecule has 0 saturated heterocycles. The molecule has 1 aliphatic rings. The Bertz CT molecular complexity index is 967. The lowest BCUT2D eigenvalue weighted by Gasteiger charge is -2.06. The highest BCUT2D eigenvalue weighted by Gasteiger charge is 2.23. The first-order valence-electron chi connectivity index (χ1n) is 9.09. The number of aromatic nitrogens is 3. The van der Waals surface area contributed by atoms with Gasteiger partial charge in [-0.05, 0) is 45.1 Å². The van der Waals surface area contributed by atoms with Crippen LogP contribution in [0.4, 0.5) is 5.13 Å². The van der Waals surface area contributed by atoms with E-state index in [0.717, 1.165) is 24.1 Å². The van der Waals surface area contributed by atoms with Crippen molar-refractivity contribution in [1.29, 1.82) is 0 Å². The monoisotopic (exact) mass is 400 g/mol. The molecule has 0 fully saturated rings. The molecule has 0 bridgehead atoms. The van der Waals surface area contributed by atoms with Crippen LogP contribution < -0.4 is 5.32 Å². The van der Waals surface area contributed by atoms with E-state index in [9.17, 15) is 4.79 Å². The van der Waals surface area contributed by atoms with Gasteiger partial charge in [-0.3, -0.25) is 10.1 Å². The van der Waals surface area contributed by atoms with Gasteiger partial charge in [0.05, 0.1) is 23.5 Å². The van der Waals surface area contributed by atoms with Crippen molar-refractivity contribution < 1.29 is 4.79 Å². The number of carbonyl (C=O) groups excluding carboxylic acids is 1. The average Bonchev–Trinajstić information content (AvgIpc) is 3.16. The summed E-state index contributed by atoms with van der Waals surface area (Å²) >= 11 is 8.06. The summed E-state index contributed by atoms with van der Waals surface area (Å²) in [4.78, 5) is 18.7. The Labute approximate surface area is 167 Å². The predicted octanol–water partition coefficient (Wildman–Crippen LogP) is 4.79. The molecule has 0 radical (unpaired) electrons. The number of rotatable bonds is 4. The fourth-order valence-electron chi connectivity index (χ4n) is 3.35. The van der Waals surface area contributed by atoms with E-state index >= 15 is 0 Å². The summed E-state index contributed by atoms with van der Waals surface area (Å²) in [5.74, 6) is -0.251. The number of carbonyl (C=O) groups is 1. The zero-order valence-corrected chi connectivity index (χ0v) is 17.0. The molecular formula is C20H21ClN4OS. The first-order valence-corrected chi connectivity index (χ1v) is 10.3. The molecular weight excluding hydrogens is 380 g/mol. The van der Waals surface area contributed by atoms with Crippen LogP contribution in [0, 0.1) is 13.8 Å². The number of hydrogen-bond acceptors (Lipinski definition) is 4. The Morgan fingerprint density at radius 3 is 2.70 bits per heavy atom. The molecule has 2 aromatic heterocycles. The third-order valence-corrected chi connectivity index (χ3v) is 6.27. The fraction of sp³-hybridized carbons (Fsp3) is 0.350. The first-order chi connectivity index (χ1) is 13.0. The van der Waals surface area contributed by atoms with Crippen LogP contribution >= 0.6 is 22.9 Å². The molecule has 0 atom stereocenters. The lowest BCUT2D eigenvalue weighted by molar-refractivity contribution is 0.102.